The highest BCUT2D eigenvalue weighted by atomic mass is 16.6. The number of piperidine rings is 1. The van der Waals surface area contributed by atoms with Gasteiger partial charge >= 0.3 is 6.09 Å². The molecule has 3 atom stereocenters. The molecule has 27 heavy (non-hydrogen) atoms. The number of carbonyl (C=O) groups is 1. The number of anilines is 1. The second-order valence-corrected chi connectivity index (χ2v) is 8.66. The van der Waals surface area contributed by atoms with Crippen LogP contribution in [0.15, 0.2) is 24.4 Å². The summed E-state index contributed by atoms with van der Waals surface area (Å²) in [6, 6.07) is 6.50. The smallest absolute Gasteiger partial charge is 0.410 e. The molecule has 1 amide bonds. The van der Waals surface area contributed by atoms with Gasteiger partial charge < -0.3 is 15.0 Å². The second-order valence-electron chi connectivity index (χ2n) is 8.66. The van der Waals surface area contributed by atoms with Crippen LogP contribution in [0.3, 0.4) is 0 Å². The van der Waals surface area contributed by atoms with Crippen molar-refractivity contribution < 1.29 is 9.53 Å². The number of nitrogens with one attached hydrogen (secondary N) is 1. The van der Waals surface area contributed by atoms with Crippen LogP contribution in [0.2, 0.25) is 0 Å². The Hall–Kier alpha value is -2.37. The maximum absolute atomic E-state index is 12.5. The quantitative estimate of drug-likeness (QED) is 0.849. The first kappa shape index (κ1) is 19.4. The fourth-order valence-electron chi connectivity index (χ4n) is 3.53. The topological polar surface area (TPSA) is 67.4 Å². The van der Waals surface area contributed by atoms with Crippen LogP contribution in [-0.4, -0.2) is 45.2 Å². The van der Waals surface area contributed by atoms with E-state index in [1.807, 2.05) is 50.8 Å². The number of amides is 1. The molecule has 0 saturated carbocycles. The first-order valence-electron chi connectivity index (χ1n) is 9.62. The highest BCUT2D eigenvalue weighted by Gasteiger charge is 2.35. The van der Waals surface area contributed by atoms with Crippen molar-refractivity contribution >= 4 is 22.8 Å². The fraction of sp³-hybridized carbons (Fsp3) is 0.571. The average molecular weight is 370 g/mol. The second kappa shape index (κ2) is 7.33. The van der Waals surface area contributed by atoms with E-state index in [1.54, 1.807) is 6.20 Å². The Morgan fingerprint density at radius 2 is 2.00 bits per heavy atom. The molecule has 1 saturated heterocycles. The van der Waals surface area contributed by atoms with Crippen LogP contribution in [0.25, 0.3) is 11.0 Å². The number of fused-ring (bicyclic) bond motifs is 1. The van der Waals surface area contributed by atoms with Crippen molar-refractivity contribution in [1.29, 1.82) is 0 Å². The van der Waals surface area contributed by atoms with E-state index in [2.05, 4.69) is 29.1 Å². The summed E-state index contributed by atoms with van der Waals surface area (Å²) in [6.07, 6.45) is 2.43. The molecule has 3 rings (SSSR count). The number of hydrogen-bond donors (Lipinski definition) is 1. The lowest BCUT2D eigenvalue weighted by Gasteiger charge is -2.42. The molecule has 2 aromatic rings. The van der Waals surface area contributed by atoms with E-state index in [0.717, 1.165) is 28.8 Å². The van der Waals surface area contributed by atoms with E-state index < -0.39 is 5.60 Å². The van der Waals surface area contributed by atoms with Crippen LogP contribution < -0.4 is 5.32 Å². The molecule has 6 heteroatoms. The number of likely N-dealkylation sites (tertiary alicyclic amines) is 1. The number of aromatic nitrogens is 2. The molecule has 146 valence electrons. The monoisotopic (exact) mass is 370 g/mol. The predicted octanol–water partition coefficient (Wildman–Crippen LogP) is 4.38. The van der Waals surface area contributed by atoms with Gasteiger partial charge in [-0.05, 0) is 65.2 Å². The van der Waals surface area contributed by atoms with Gasteiger partial charge in [0.25, 0.3) is 0 Å². The molecule has 2 heterocycles. The predicted molar refractivity (Wildman–Crippen MR) is 108 cm³/mol. The Balaban J connectivity index is 1.69. The molecule has 1 aromatic carbocycles. The first-order valence-corrected chi connectivity index (χ1v) is 9.62. The number of benzene rings is 1. The Labute approximate surface area is 161 Å². The van der Waals surface area contributed by atoms with Crippen LogP contribution in [0, 0.1) is 12.8 Å². The molecule has 1 aliphatic rings. The Kier molecular flexibility index (Phi) is 5.27. The van der Waals surface area contributed by atoms with Gasteiger partial charge in [0.1, 0.15) is 5.60 Å². The zero-order chi connectivity index (χ0) is 19.8. The number of ether oxygens (including phenoxy) is 1. The van der Waals surface area contributed by atoms with Gasteiger partial charge in [0.15, 0.2) is 0 Å². The lowest BCUT2D eigenvalue weighted by molar-refractivity contribution is 0.00510. The van der Waals surface area contributed by atoms with Gasteiger partial charge in [-0.1, -0.05) is 6.92 Å². The minimum absolute atomic E-state index is 0.121. The molecule has 0 radical (unpaired) electrons. The molecule has 0 aliphatic carbocycles. The molecular formula is C21H30N4O2. The maximum Gasteiger partial charge on any atom is 0.410 e. The van der Waals surface area contributed by atoms with Gasteiger partial charge in [-0.3, -0.25) is 4.98 Å². The standard InChI is InChI=1S/C21H30N4O2/c1-13-12-25(20(26)27-21(4,5)6)15(3)9-18(13)24-16-7-8-17-19(10-16)23-14(2)11-22-17/h7-8,10-11,13,15,18,24H,9,12H2,1-6H3. The van der Waals surface area contributed by atoms with Crippen LogP contribution in [0.4, 0.5) is 10.5 Å². The van der Waals surface area contributed by atoms with Gasteiger partial charge in [-0.15, -0.1) is 0 Å². The Bertz CT molecular complexity index is 831. The molecule has 3 unspecified atom stereocenters. The third-order valence-corrected chi connectivity index (χ3v) is 4.94. The van der Waals surface area contributed by atoms with Gasteiger partial charge in [0, 0.05) is 30.5 Å². The van der Waals surface area contributed by atoms with E-state index in [4.69, 9.17) is 4.74 Å². The minimum atomic E-state index is -0.473. The van der Waals surface area contributed by atoms with E-state index >= 15 is 0 Å². The Morgan fingerprint density at radius 1 is 1.26 bits per heavy atom. The van der Waals surface area contributed by atoms with Crippen LogP contribution in [0.1, 0.15) is 46.7 Å². The van der Waals surface area contributed by atoms with Gasteiger partial charge in [-0.25, -0.2) is 9.78 Å². The van der Waals surface area contributed by atoms with Crippen molar-refractivity contribution in [2.24, 2.45) is 5.92 Å². The molecule has 1 N–H and O–H groups in total. The van der Waals surface area contributed by atoms with E-state index in [0.29, 0.717) is 12.5 Å². The number of nitrogens with zero attached hydrogens (tertiary/aromatic N) is 3. The zero-order valence-electron chi connectivity index (χ0n) is 17.1. The van der Waals surface area contributed by atoms with E-state index in [1.165, 1.54) is 0 Å². The molecular weight excluding hydrogens is 340 g/mol. The summed E-state index contributed by atoms with van der Waals surface area (Å²) in [5, 5.41) is 3.63. The van der Waals surface area contributed by atoms with Gasteiger partial charge in [0.2, 0.25) is 0 Å². The average Bonchev–Trinajstić information content (AvgIpc) is 2.55. The number of rotatable bonds is 2. The van der Waals surface area contributed by atoms with Crippen LogP contribution in [0.5, 0.6) is 0 Å². The van der Waals surface area contributed by atoms with E-state index in [-0.39, 0.29) is 18.2 Å². The molecule has 1 aromatic heterocycles. The largest absolute Gasteiger partial charge is 0.444 e. The maximum atomic E-state index is 12.5. The first-order chi connectivity index (χ1) is 12.6. The number of hydrogen-bond acceptors (Lipinski definition) is 5. The third-order valence-electron chi connectivity index (χ3n) is 4.94. The normalized spacial score (nSPS) is 23.3. The lowest BCUT2D eigenvalue weighted by atomic mass is 9.89. The SMILES string of the molecule is Cc1cnc2ccc(NC3CC(C)N(C(=O)OC(C)(C)C)CC3C)cc2n1. The summed E-state index contributed by atoms with van der Waals surface area (Å²) in [7, 11) is 0. The number of aryl methyl sites for hydroxylation is 1. The summed E-state index contributed by atoms with van der Waals surface area (Å²) >= 11 is 0. The molecule has 1 fully saturated rings. The lowest BCUT2D eigenvalue weighted by Crippen LogP contribution is -2.53. The summed E-state index contributed by atoms with van der Waals surface area (Å²) in [6.45, 7) is 12.6. The Morgan fingerprint density at radius 3 is 2.70 bits per heavy atom. The van der Waals surface area contributed by atoms with Crippen LogP contribution >= 0.6 is 0 Å². The fourth-order valence-corrected chi connectivity index (χ4v) is 3.53. The van der Waals surface area contributed by atoms with Gasteiger partial charge in [-0.2, -0.15) is 0 Å². The summed E-state index contributed by atoms with van der Waals surface area (Å²) < 4.78 is 5.56. The zero-order valence-corrected chi connectivity index (χ0v) is 17.1. The highest BCUT2D eigenvalue weighted by molar-refractivity contribution is 5.78. The molecule has 6 nitrogen and oxygen atoms in total. The van der Waals surface area contributed by atoms with Crippen molar-refractivity contribution in [3.63, 3.8) is 0 Å². The van der Waals surface area contributed by atoms with Crippen molar-refractivity contribution in [2.75, 3.05) is 11.9 Å². The summed E-state index contributed by atoms with van der Waals surface area (Å²) in [5.74, 6) is 0.313. The molecule has 0 spiro atoms. The van der Waals surface area contributed by atoms with Crippen molar-refractivity contribution in [3.8, 4) is 0 Å². The summed E-state index contributed by atoms with van der Waals surface area (Å²) in [4.78, 5) is 23.3. The van der Waals surface area contributed by atoms with Crippen molar-refractivity contribution in [3.05, 3.63) is 30.1 Å². The highest BCUT2D eigenvalue weighted by Crippen LogP contribution is 2.27. The van der Waals surface area contributed by atoms with Crippen molar-refractivity contribution in [1.82, 2.24) is 14.9 Å². The van der Waals surface area contributed by atoms with Gasteiger partial charge in [0.05, 0.1) is 16.7 Å². The third kappa shape index (κ3) is 4.67. The summed E-state index contributed by atoms with van der Waals surface area (Å²) in [5.41, 5.74) is 3.27. The molecule has 0 bridgehead atoms. The van der Waals surface area contributed by atoms with Crippen molar-refractivity contribution in [2.45, 2.75) is 65.6 Å². The van der Waals surface area contributed by atoms with Crippen LogP contribution in [-0.2, 0) is 4.74 Å². The number of carbonyl (C=O) groups excluding carboxylic acids is 1. The minimum Gasteiger partial charge on any atom is -0.444 e. The van der Waals surface area contributed by atoms with E-state index in [9.17, 15) is 4.79 Å². The molecule has 1 aliphatic heterocycles.